The lowest BCUT2D eigenvalue weighted by molar-refractivity contribution is 0.143. The molecule has 2 atom stereocenters. The summed E-state index contributed by atoms with van der Waals surface area (Å²) in [5, 5.41) is 4.17. The average Bonchev–Trinajstić information content (AvgIpc) is 3.36. The predicted octanol–water partition coefficient (Wildman–Crippen LogP) is 2.37. The van der Waals surface area contributed by atoms with Crippen molar-refractivity contribution >= 4 is 21.4 Å². The molecule has 5 rings (SSSR count). The molecule has 0 bridgehead atoms. The van der Waals surface area contributed by atoms with E-state index in [9.17, 15) is 8.42 Å². The summed E-state index contributed by atoms with van der Waals surface area (Å²) in [5.41, 5.74) is 1.93. The molecule has 2 aliphatic rings. The number of sulfonamides is 1. The molecule has 2 aliphatic heterocycles. The van der Waals surface area contributed by atoms with Crippen LogP contribution in [0.15, 0.2) is 64.4 Å². The second-order valence-electron chi connectivity index (χ2n) is 7.23. The maximum atomic E-state index is 13.6. The third-order valence-corrected chi connectivity index (χ3v) is 7.91. The van der Waals surface area contributed by atoms with E-state index in [0.717, 1.165) is 6.54 Å². The standard InChI is InChI=1S/C20H20N4O3S2/c25-29(26)19-5-3-8-22-20(19)27-18-13-23(10-15-6-9-28-14-15)12-17(18)24(29)11-16-4-1-2-7-21-16/h1-9,14,17-18H,10-13H2. The Kier molecular flexibility index (Phi) is 4.83. The lowest BCUT2D eigenvalue weighted by Crippen LogP contribution is -2.46. The van der Waals surface area contributed by atoms with Gasteiger partial charge in [0.1, 0.15) is 11.0 Å². The maximum Gasteiger partial charge on any atom is 0.249 e. The fourth-order valence-electron chi connectivity index (χ4n) is 3.96. The topological polar surface area (TPSA) is 75.6 Å². The largest absolute Gasteiger partial charge is 0.470 e. The molecule has 1 fully saturated rings. The van der Waals surface area contributed by atoms with Crippen molar-refractivity contribution in [3.05, 3.63) is 70.8 Å². The minimum atomic E-state index is -3.78. The number of aromatic nitrogens is 2. The van der Waals surface area contributed by atoms with Crippen LogP contribution in [0.5, 0.6) is 5.88 Å². The number of pyridine rings is 2. The van der Waals surface area contributed by atoms with E-state index < -0.39 is 10.0 Å². The Morgan fingerprint density at radius 1 is 1.07 bits per heavy atom. The van der Waals surface area contributed by atoms with Gasteiger partial charge < -0.3 is 4.74 Å². The van der Waals surface area contributed by atoms with Gasteiger partial charge in [-0.15, -0.1) is 0 Å². The first-order valence-electron chi connectivity index (χ1n) is 9.38. The van der Waals surface area contributed by atoms with E-state index >= 15 is 0 Å². The summed E-state index contributed by atoms with van der Waals surface area (Å²) in [5.74, 6) is 0.184. The van der Waals surface area contributed by atoms with E-state index in [1.165, 1.54) is 5.56 Å². The summed E-state index contributed by atoms with van der Waals surface area (Å²) in [7, 11) is -3.78. The molecule has 2 unspecified atom stereocenters. The van der Waals surface area contributed by atoms with Crippen molar-refractivity contribution in [1.29, 1.82) is 0 Å². The van der Waals surface area contributed by atoms with Crippen LogP contribution in [0.4, 0.5) is 0 Å². The molecule has 0 aromatic carbocycles. The number of likely N-dealkylation sites (tertiary alicyclic amines) is 1. The number of thiophene rings is 1. The van der Waals surface area contributed by atoms with Gasteiger partial charge in [0.2, 0.25) is 15.9 Å². The number of hydrogen-bond donors (Lipinski definition) is 0. The molecule has 0 spiro atoms. The molecule has 0 aliphatic carbocycles. The van der Waals surface area contributed by atoms with Crippen molar-refractivity contribution in [1.82, 2.24) is 19.2 Å². The van der Waals surface area contributed by atoms with Gasteiger partial charge in [0.25, 0.3) is 0 Å². The highest BCUT2D eigenvalue weighted by molar-refractivity contribution is 7.89. The average molecular weight is 429 g/mol. The second kappa shape index (κ2) is 7.49. The summed E-state index contributed by atoms with van der Waals surface area (Å²) >= 11 is 1.66. The van der Waals surface area contributed by atoms with Crippen molar-refractivity contribution in [2.75, 3.05) is 13.1 Å². The molecule has 29 heavy (non-hydrogen) atoms. The number of rotatable bonds is 4. The van der Waals surface area contributed by atoms with Crippen LogP contribution in [0.1, 0.15) is 11.3 Å². The number of nitrogens with zero attached hydrogens (tertiary/aromatic N) is 4. The van der Waals surface area contributed by atoms with Crippen molar-refractivity contribution < 1.29 is 13.2 Å². The summed E-state index contributed by atoms with van der Waals surface area (Å²) in [6, 6.07) is 10.5. The Morgan fingerprint density at radius 3 is 2.76 bits per heavy atom. The van der Waals surface area contributed by atoms with E-state index in [0.29, 0.717) is 18.8 Å². The van der Waals surface area contributed by atoms with Gasteiger partial charge >= 0.3 is 0 Å². The van der Waals surface area contributed by atoms with Gasteiger partial charge in [0, 0.05) is 32.0 Å². The minimum absolute atomic E-state index is 0.120. The minimum Gasteiger partial charge on any atom is -0.470 e. The number of ether oxygens (including phenoxy) is 1. The van der Waals surface area contributed by atoms with Gasteiger partial charge in [-0.1, -0.05) is 6.07 Å². The molecule has 7 nitrogen and oxygen atoms in total. The summed E-state index contributed by atoms with van der Waals surface area (Å²) in [4.78, 5) is 10.9. The van der Waals surface area contributed by atoms with Crippen molar-refractivity contribution in [2.24, 2.45) is 0 Å². The van der Waals surface area contributed by atoms with Gasteiger partial charge in [-0.05, 0) is 46.7 Å². The Bertz CT molecular complexity index is 1090. The Morgan fingerprint density at radius 2 is 1.97 bits per heavy atom. The highest BCUT2D eigenvalue weighted by Gasteiger charge is 2.47. The third kappa shape index (κ3) is 3.55. The highest BCUT2D eigenvalue weighted by Crippen LogP contribution is 2.36. The van der Waals surface area contributed by atoms with Gasteiger partial charge in [-0.25, -0.2) is 13.4 Å². The summed E-state index contributed by atoms with van der Waals surface area (Å²) < 4.78 is 34.8. The van der Waals surface area contributed by atoms with Crippen molar-refractivity contribution in [2.45, 2.75) is 30.1 Å². The highest BCUT2D eigenvalue weighted by atomic mass is 32.2. The smallest absolute Gasteiger partial charge is 0.249 e. The first-order chi connectivity index (χ1) is 14.1. The van der Waals surface area contributed by atoms with E-state index in [1.54, 1.807) is 40.2 Å². The zero-order chi connectivity index (χ0) is 19.8. The first-order valence-corrected chi connectivity index (χ1v) is 11.8. The van der Waals surface area contributed by atoms with Gasteiger partial charge in [-0.2, -0.15) is 15.6 Å². The normalized spacial score (nSPS) is 23.7. The molecule has 1 saturated heterocycles. The molecular formula is C20H20N4O3S2. The Labute approximate surface area is 173 Å². The van der Waals surface area contributed by atoms with Crippen LogP contribution in [0.2, 0.25) is 0 Å². The fraction of sp³-hybridized carbons (Fsp3) is 0.300. The molecular weight excluding hydrogens is 408 g/mol. The third-order valence-electron chi connectivity index (χ3n) is 5.30. The SMILES string of the molecule is O=S1(=O)c2cccnc2OC2CN(Cc3ccsc3)CC2N1Cc1ccccn1. The molecule has 0 radical (unpaired) electrons. The first kappa shape index (κ1) is 18.7. The molecule has 0 N–H and O–H groups in total. The van der Waals surface area contributed by atoms with E-state index in [1.807, 2.05) is 18.2 Å². The van der Waals surface area contributed by atoms with Crippen LogP contribution in [-0.4, -0.2) is 52.8 Å². The van der Waals surface area contributed by atoms with E-state index in [-0.39, 0.29) is 29.5 Å². The van der Waals surface area contributed by atoms with Crippen LogP contribution >= 0.6 is 11.3 Å². The van der Waals surface area contributed by atoms with E-state index in [4.69, 9.17) is 4.74 Å². The maximum absolute atomic E-state index is 13.6. The molecule has 3 aromatic rings. The quantitative estimate of drug-likeness (QED) is 0.635. The van der Waals surface area contributed by atoms with Gasteiger partial charge in [0.05, 0.1) is 18.3 Å². The second-order valence-corrected chi connectivity index (χ2v) is 9.87. The van der Waals surface area contributed by atoms with Crippen molar-refractivity contribution in [3.8, 4) is 5.88 Å². The van der Waals surface area contributed by atoms with Crippen LogP contribution in [0.25, 0.3) is 0 Å². The van der Waals surface area contributed by atoms with Gasteiger partial charge in [-0.3, -0.25) is 9.88 Å². The Balaban J connectivity index is 1.52. The van der Waals surface area contributed by atoms with E-state index in [2.05, 4.69) is 31.7 Å². The number of hydrogen-bond acceptors (Lipinski definition) is 7. The van der Waals surface area contributed by atoms with Crippen LogP contribution in [0.3, 0.4) is 0 Å². The molecule has 9 heteroatoms. The lowest BCUT2D eigenvalue weighted by Gasteiger charge is -2.27. The van der Waals surface area contributed by atoms with Crippen molar-refractivity contribution in [3.63, 3.8) is 0 Å². The van der Waals surface area contributed by atoms with Crippen LogP contribution in [-0.2, 0) is 23.1 Å². The monoisotopic (exact) mass is 428 g/mol. The molecule has 5 heterocycles. The lowest BCUT2D eigenvalue weighted by atomic mass is 10.2. The summed E-state index contributed by atoms with van der Waals surface area (Å²) in [6.45, 7) is 2.21. The predicted molar refractivity (Wildman–Crippen MR) is 109 cm³/mol. The molecule has 150 valence electrons. The van der Waals surface area contributed by atoms with Gasteiger partial charge in [0.15, 0.2) is 0 Å². The summed E-state index contributed by atoms with van der Waals surface area (Å²) in [6.07, 6.45) is 2.96. The number of fused-ring (bicyclic) bond motifs is 2. The fourth-order valence-corrected chi connectivity index (χ4v) is 6.30. The molecule has 0 saturated carbocycles. The van der Waals surface area contributed by atoms with Crippen LogP contribution in [0, 0.1) is 0 Å². The van der Waals surface area contributed by atoms with Crippen LogP contribution < -0.4 is 4.74 Å². The molecule has 0 amide bonds. The Hall–Kier alpha value is -2.33. The molecule has 3 aromatic heterocycles. The zero-order valence-electron chi connectivity index (χ0n) is 15.6. The zero-order valence-corrected chi connectivity index (χ0v) is 17.2.